The number of aromatic amines is 1. The lowest BCUT2D eigenvalue weighted by molar-refractivity contribution is 0.199. The predicted molar refractivity (Wildman–Crippen MR) is 82.7 cm³/mol. The topological polar surface area (TPSA) is 59.2 Å². The number of nitrogens with zero attached hydrogens (tertiary/aromatic N) is 1. The van der Waals surface area contributed by atoms with Gasteiger partial charge in [0.25, 0.3) is 0 Å². The molecule has 0 aliphatic carbocycles. The Labute approximate surface area is 123 Å². The van der Waals surface area contributed by atoms with E-state index in [-0.39, 0.29) is 0 Å². The van der Waals surface area contributed by atoms with Crippen LogP contribution in [0.5, 0.6) is 5.75 Å². The monoisotopic (exact) mass is 295 g/mol. The summed E-state index contributed by atoms with van der Waals surface area (Å²) in [7, 11) is 3.38. The van der Waals surface area contributed by atoms with Crippen molar-refractivity contribution < 1.29 is 9.47 Å². The molecule has 0 radical (unpaired) electrons. The van der Waals surface area contributed by atoms with Crippen LogP contribution >= 0.6 is 11.8 Å². The van der Waals surface area contributed by atoms with Gasteiger partial charge in [-0.3, -0.25) is 0 Å². The van der Waals surface area contributed by atoms with Gasteiger partial charge in [-0.15, -0.1) is 0 Å². The van der Waals surface area contributed by atoms with E-state index in [0.717, 1.165) is 41.6 Å². The van der Waals surface area contributed by atoms with Gasteiger partial charge in [-0.1, -0.05) is 18.7 Å². The van der Waals surface area contributed by atoms with Crippen LogP contribution in [0.1, 0.15) is 6.92 Å². The van der Waals surface area contributed by atoms with Crippen molar-refractivity contribution >= 4 is 22.8 Å². The number of fused-ring (bicyclic) bond motifs is 1. The number of aromatic nitrogens is 2. The molecule has 1 heterocycles. The SMILES string of the molecule is COCCNCC(C)Sc1nc2ccc(OC)cc2[nH]1. The lowest BCUT2D eigenvalue weighted by Gasteiger charge is -2.10. The Balaban J connectivity index is 1.92. The highest BCUT2D eigenvalue weighted by Crippen LogP contribution is 2.25. The number of ether oxygens (including phenoxy) is 2. The van der Waals surface area contributed by atoms with Crippen molar-refractivity contribution in [2.75, 3.05) is 33.9 Å². The van der Waals surface area contributed by atoms with Crippen LogP contribution in [0, 0.1) is 0 Å². The maximum Gasteiger partial charge on any atom is 0.166 e. The van der Waals surface area contributed by atoms with E-state index in [9.17, 15) is 0 Å². The van der Waals surface area contributed by atoms with E-state index in [1.54, 1.807) is 26.0 Å². The molecule has 110 valence electrons. The van der Waals surface area contributed by atoms with E-state index in [1.165, 1.54) is 0 Å². The highest BCUT2D eigenvalue weighted by molar-refractivity contribution is 7.99. The molecule has 0 saturated heterocycles. The van der Waals surface area contributed by atoms with Gasteiger partial charge in [-0.2, -0.15) is 0 Å². The van der Waals surface area contributed by atoms with Crippen LogP contribution in [0.2, 0.25) is 0 Å². The summed E-state index contributed by atoms with van der Waals surface area (Å²) >= 11 is 1.73. The molecule has 1 unspecified atom stereocenters. The molecule has 5 nitrogen and oxygen atoms in total. The van der Waals surface area contributed by atoms with E-state index < -0.39 is 0 Å². The van der Waals surface area contributed by atoms with Gasteiger partial charge in [-0.25, -0.2) is 4.98 Å². The number of imidazole rings is 1. The fraction of sp³-hybridized carbons (Fsp3) is 0.500. The number of rotatable bonds is 8. The third kappa shape index (κ3) is 4.13. The molecular weight excluding hydrogens is 274 g/mol. The molecule has 1 aromatic carbocycles. The Kier molecular flexibility index (Phi) is 5.70. The normalized spacial score (nSPS) is 12.8. The fourth-order valence-corrected chi connectivity index (χ4v) is 2.76. The first kappa shape index (κ1) is 15.2. The molecule has 1 aromatic heterocycles. The van der Waals surface area contributed by atoms with Crippen molar-refractivity contribution in [1.82, 2.24) is 15.3 Å². The van der Waals surface area contributed by atoms with E-state index in [4.69, 9.17) is 9.47 Å². The van der Waals surface area contributed by atoms with Crippen molar-refractivity contribution in [3.05, 3.63) is 18.2 Å². The van der Waals surface area contributed by atoms with Crippen LogP contribution in [0.15, 0.2) is 23.4 Å². The predicted octanol–water partition coefficient (Wildman–Crippen LogP) is 2.29. The summed E-state index contributed by atoms with van der Waals surface area (Å²) in [5.74, 6) is 0.840. The molecule has 0 aliphatic heterocycles. The van der Waals surface area contributed by atoms with Gasteiger partial charge >= 0.3 is 0 Å². The first-order chi connectivity index (χ1) is 9.72. The molecule has 6 heteroatoms. The quantitative estimate of drug-likeness (QED) is 0.578. The second kappa shape index (κ2) is 7.52. The summed E-state index contributed by atoms with van der Waals surface area (Å²) in [5.41, 5.74) is 1.97. The zero-order chi connectivity index (χ0) is 14.4. The highest BCUT2D eigenvalue weighted by Gasteiger charge is 2.09. The first-order valence-electron chi connectivity index (χ1n) is 6.63. The van der Waals surface area contributed by atoms with Crippen LogP contribution in [-0.2, 0) is 4.74 Å². The Morgan fingerprint density at radius 1 is 1.40 bits per heavy atom. The van der Waals surface area contributed by atoms with Gasteiger partial charge in [0.2, 0.25) is 0 Å². The fourth-order valence-electron chi connectivity index (χ4n) is 1.86. The van der Waals surface area contributed by atoms with Gasteiger partial charge in [0.05, 0.1) is 24.8 Å². The minimum atomic E-state index is 0.439. The minimum absolute atomic E-state index is 0.439. The van der Waals surface area contributed by atoms with Crippen molar-refractivity contribution in [2.24, 2.45) is 0 Å². The van der Waals surface area contributed by atoms with Gasteiger partial charge in [0.1, 0.15) is 5.75 Å². The largest absolute Gasteiger partial charge is 0.497 e. The number of hydrogen-bond donors (Lipinski definition) is 2. The van der Waals surface area contributed by atoms with E-state index in [1.807, 2.05) is 18.2 Å². The third-order valence-electron chi connectivity index (χ3n) is 2.89. The average Bonchev–Trinajstić information content (AvgIpc) is 2.84. The second-order valence-electron chi connectivity index (χ2n) is 4.55. The lowest BCUT2D eigenvalue weighted by atomic mass is 10.3. The molecule has 0 aliphatic rings. The van der Waals surface area contributed by atoms with Crippen molar-refractivity contribution in [3.8, 4) is 5.75 Å². The minimum Gasteiger partial charge on any atom is -0.497 e. The van der Waals surface area contributed by atoms with Gasteiger partial charge < -0.3 is 19.8 Å². The molecule has 0 amide bonds. The Hall–Kier alpha value is -1.24. The van der Waals surface area contributed by atoms with Crippen molar-refractivity contribution in [3.63, 3.8) is 0 Å². The highest BCUT2D eigenvalue weighted by atomic mass is 32.2. The number of hydrogen-bond acceptors (Lipinski definition) is 5. The van der Waals surface area contributed by atoms with Crippen molar-refractivity contribution in [1.29, 1.82) is 0 Å². The molecule has 2 N–H and O–H groups in total. The van der Waals surface area contributed by atoms with E-state index >= 15 is 0 Å². The summed E-state index contributed by atoms with van der Waals surface area (Å²) in [6.45, 7) is 4.72. The van der Waals surface area contributed by atoms with Gasteiger partial charge in [0, 0.05) is 31.5 Å². The number of methoxy groups -OCH3 is 2. The van der Waals surface area contributed by atoms with E-state index in [0.29, 0.717) is 5.25 Å². The first-order valence-corrected chi connectivity index (χ1v) is 7.51. The summed E-state index contributed by atoms with van der Waals surface area (Å²) in [5, 5.41) is 4.73. The van der Waals surface area contributed by atoms with Crippen LogP contribution in [-0.4, -0.2) is 49.1 Å². The zero-order valence-electron chi connectivity index (χ0n) is 12.1. The Bertz CT molecular complexity index is 544. The van der Waals surface area contributed by atoms with Crippen LogP contribution < -0.4 is 10.1 Å². The number of thioether (sulfide) groups is 1. The standard InChI is InChI=1S/C14H21N3O2S/c1-10(9-15-6-7-18-2)20-14-16-12-5-4-11(19-3)8-13(12)17-14/h4-5,8,10,15H,6-7,9H2,1-3H3,(H,16,17). The lowest BCUT2D eigenvalue weighted by Crippen LogP contribution is -2.26. The second-order valence-corrected chi connectivity index (χ2v) is 5.98. The number of H-pyrrole nitrogens is 1. The molecule has 0 bridgehead atoms. The Morgan fingerprint density at radius 3 is 3.00 bits per heavy atom. The third-order valence-corrected chi connectivity index (χ3v) is 3.88. The molecule has 0 fully saturated rings. The van der Waals surface area contributed by atoms with Crippen LogP contribution in [0.4, 0.5) is 0 Å². The smallest absolute Gasteiger partial charge is 0.166 e. The van der Waals surface area contributed by atoms with E-state index in [2.05, 4.69) is 22.2 Å². The molecule has 0 spiro atoms. The van der Waals surface area contributed by atoms with Gasteiger partial charge in [0.15, 0.2) is 5.16 Å². The maximum absolute atomic E-state index is 5.21. The zero-order valence-corrected chi connectivity index (χ0v) is 12.9. The summed E-state index contributed by atoms with van der Waals surface area (Å²) in [4.78, 5) is 7.89. The average molecular weight is 295 g/mol. The number of nitrogens with one attached hydrogen (secondary N) is 2. The molecule has 0 saturated carbocycles. The molecule has 20 heavy (non-hydrogen) atoms. The molecule has 2 aromatic rings. The summed E-state index contributed by atoms with van der Waals surface area (Å²) < 4.78 is 10.2. The summed E-state index contributed by atoms with van der Waals surface area (Å²) in [6.07, 6.45) is 0. The molecular formula is C14H21N3O2S. The molecule has 2 rings (SSSR count). The van der Waals surface area contributed by atoms with Gasteiger partial charge in [-0.05, 0) is 12.1 Å². The molecule has 1 atom stereocenters. The van der Waals surface area contributed by atoms with Crippen LogP contribution in [0.25, 0.3) is 11.0 Å². The number of benzene rings is 1. The maximum atomic E-state index is 5.21. The van der Waals surface area contributed by atoms with Crippen LogP contribution in [0.3, 0.4) is 0 Å². The Morgan fingerprint density at radius 2 is 2.25 bits per heavy atom. The van der Waals surface area contributed by atoms with Crippen molar-refractivity contribution in [2.45, 2.75) is 17.3 Å². The summed E-state index contributed by atoms with van der Waals surface area (Å²) in [6, 6.07) is 5.86.